The van der Waals surface area contributed by atoms with E-state index in [1.165, 1.54) is 40.7 Å². The quantitative estimate of drug-likeness (QED) is 0.866. The first kappa shape index (κ1) is 12.2. The van der Waals surface area contributed by atoms with E-state index >= 15 is 0 Å². The van der Waals surface area contributed by atoms with E-state index in [4.69, 9.17) is 0 Å². The molecule has 1 aliphatic rings. The number of nitrogens with zero attached hydrogens (tertiary/aromatic N) is 4. The third kappa shape index (κ3) is 2.46. The van der Waals surface area contributed by atoms with Gasteiger partial charge in [0.25, 0.3) is 0 Å². The predicted molar refractivity (Wildman–Crippen MR) is 73.8 cm³/mol. The van der Waals surface area contributed by atoms with Crippen LogP contribution in [0.2, 0.25) is 0 Å². The maximum absolute atomic E-state index is 4.49. The molecule has 0 N–H and O–H groups in total. The lowest BCUT2D eigenvalue weighted by atomic mass is 10.0. The van der Waals surface area contributed by atoms with Gasteiger partial charge in [-0.25, -0.2) is 4.98 Å². The maximum atomic E-state index is 4.49. The topological polar surface area (TPSA) is 41.9 Å². The van der Waals surface area contributed by atoms with Gasteiger partial charge in [-0.05, 0) is 37.8 Å². The number of hydrogen-bond donors (Lipinski definition) is 0. The molecular formula is C12H16N4S2. The molecule has 2 aromatic heterocycles. The Bertz CT molecular complexity index is 494. The lowest BCUT2D eigenvalue weighted by molar-refractivity contribution is 0.141. The standard InChI is InChI=1S/C12H16N4S2/c1-9-11(18-15-14-9)8-16-6-3-2-4-10(16)12-13-5-7-17-12/h5,7,10H,2-4,6,8H2,1H3. The van der Waals surface area contributed by atoms with Gasteiger partial charge in [0.2, 0.25) is 0 Å². The van der Waals surface area contributed by atoms with Crippen molar-refractivity contribution in [1.29, 1.82) is 0 Å². The smallest absolute Gasteiger partial charge is 0.110 e. The molecule has 2 aromatic rings. The fraction of sp³-hybridized carbons (Fsp3) is 0.583. The molecule has 6 heteroatoms. The summed E-state index contributed by atoms with van der Waals surface area (Å²) in [6.07, 6.45) is 5.72. The first-order valence-corrected chi connectivity index (χ1v) is 7.91. The molecular weight excluding hydrogens is 264 g/mol. The van der Waals surface area contributed by atoms with Crippen LogP contribution >= 0.6 is 22.9 Å². The zero-order valence-corrected chi connectivity index (χ0v) is 12.0. The average molecular weight is 280 g/mol. The molecule has 0 amide bonds. The minimum Gasteiger partial charge on any atom is -0.289 e. The number of likely N-dealkylation sites (tertiary alicyclic amines) is 1. The largest absolute Gasteiger partial charge is 0.289 e. The van der Waals surface area contributed by atoms with E-state index in [-0.39, 0.29) is 0 Å². The highest BCUT2D eigenvalue weighted by Gasteiger charge is 2.26. The van der Waals surface area contributed by atoms with Gasteiger partial charge in [-0.15, -0.1) is 16.4 Å². The second-order valence-corrected chi connectivity index (χ2v) is 6.40. The number of aromatic nitrogens is 3. The fourth-order valence-electron chi connectivity index (χ4n) is 2.44. The van der Waals surface area contributed by atoms with Gasteiger partial charge in [0, 0.05) is 18.1 Å². The van der Waals surface area contributed by atoms with Crippen molar-refractivity contribution in [3.63, 3.8) is 0 Å². The molecule has 3 heterocycles. The predicted octanol–water partition coefficient (Wildman–Crippen LogP) is 3.03. The summed E-state index contributed by atoms with van der Waals surface area (Å²) >= 11 is 3.29. The van der Waals surface area contributed by atoms with Gasteiger partial charge >= 0.3 is 0 Å². The van der Waals surface area contributed by atoms with Crippen molar-refractivity contribution < 1.29 is 0 Å². The molecule has 0 aromatic carbocycles. The molecule has 0 spiro atoms. The monoisotopic (exact) mass is 280 g/mol. The van der Waals surface area contributed by atoms with Crippen molar-refractivity contribution in [3.8, 4) is 0 Å². The minimum atomic E-state index is 0.486. The van der Waals surface area contributed by atoms with Crippen LogP contribution in [0.25, 0.3) is 0 Å². The Balaban J connectivity index is 1.78. The zero-order chi connectivity index (χ0) is 12.4. The van der Waals surface area contributed by atoms with Gasteiger partial charge in [0.1, 0.15) is 5.01 Å². The van der Waals surface area contributed by atoms with Crippen molar-refractivity contribution in [2.24, 2.45) is 0 Å². The van der Waals surface area contributed by atoms with Crippen LogP contribution in [0.5, 0.6) is 0 Å². The lowest BCUT2D eigenvalue weighted by Gasteiger charge is -2.34. The molecule has 18 heavy (non-hydrogen) atoms. The summed E-state index contributed by atoms with van der Waals surface area (Å²) in [6, 6.07) is 0.486. The van der Waals surface area contributed by atoms with Crippen LogP contribution in [-0.2, 0) is 6.54 Å². The third-order valence-corrected chi connectivity index (χ3v) is 5.13. The van der Waals surface area contributed by atoms with E-state index in [0.29, 0.717) is 6.04 Å². The number of piperidine rings is 1. The molecule has 0 radical (unpaired) electrons. The van der Waals surface area contributed by atoms with Crippen LogP contribution in [0.4, 0.5) is 0 Å². The molecule has 1 unspecified atom stereocenters. The SMILES string of the molecule is Cc1nnsc1CN1CCCCC1c1nccs1. The summed E-state index contributed by atoms with van der Waals surface area (Å²) in [7, 11) is 0. The van der Waals surface area contributed by atoms with Crippen LogP contribution in [0.1, 0.15) is 40.9 Å². The number of aryl methyl sites for hydroxylation is 1. The highest BCUT2D eigenvalue weighted by atomic mass is 32.1. The van der Waals surface area contributed by atoms with Crippen molar-refractivity contribution in [2.45, 2.75) is 38.8 Å². The van der Waals surface area contributed by atoms with Crippen LogP contribution in [-0.4, -0.2) is 26.0 Å². The van der Waals surface area contributed by atoms with Crippen molar-refractivity contribution in [1.82, 2.24) is 19.5 Å². The summed E-state index contributed by atoms with van der Waals surface area (Å²) in [5, 5.41) is 7.42. The molecule has 0 bridgehead atoms. The zero-order valence-electron chi connectivity index (χ0n) is 10.4. The second kappa shape index (κ2) is 5.42. The Hall–Kier alpha value is -0.850. The van der Waals surface area contributed by atoms with Crippen LogP contribution in [0, 0.1) is 6.92 Å². The lowest BCUT2D eigenvalue weighted by Crippen LogP contribution is -2.32. The third-order valence-electron chi connectivity index (χ3n) is 3.44. The summed E-state index contributed by atoms with van der Waals surface area (Å²) in [6.45, 7) is 4.16. The Morgan fingerprint density at radius 2 is 2.39 bits per heavy atom. The first-order chi connectivity index (χ1) is 8.84. The Labute approximate surface area is 115 Å². The van der Waals surface area contributed by atoms with E-state index in [2.05, 4.69) is 24.9 Å². The molecule has 0 saturated carbocycles. The molecule has 1 atom stereocenters. The summed E-state index contributed by atoms with van der Waals surface area (Å²) in [5.74, 6) is 0. The summed E-state index contributed by atoms with van der Waals surface area (Å²) in [5.41, 5.74) is 1.07. The van der Waals surface area contributed by atoms with E-state index in [1.54, 1.807) is 11.3 Å². The van der Waals surface area contributed by atoms with E-state index in [1.807, 2.05) is 13.1 Å². The second-order valence-electron chi connectivity index (χ2n) is 4.63. The highest BCUT2D eigenvalue weighted by Crippen LogP contribution is 2.33. The van der Waals surface area contributed by atoms with Crippen molar-refractivity contribution >= 4 is 22.9 Å². The minimum absolute atomic E-state index is 0.486. The summed E-state index contributed by atoms with van der Waals surface area (Å²) in [4.78, 5) is 8.31. The molecule has 3 rings (SSSR count). The van der Waals surface area contributed by atoms with Gasteiger partial charge in [-0.2, -0.15) is 0 Å². The van der Waals surface area contributed by atoms with Crippen LogP contribution < -0.4 is 0 Å². The summed E-state index contributed by atoms with van der Waals surface area (Å²) < 4.78 is 4.03. The fourth-order valence-corrected chi connectivity index (χ4v) is 3.90. The normalized spacial score (nSPS) is 21.3. The van der Waals surface area contributed by atoms with Crippen LogP contribution in [0.3, 0.4) is 0 Å². The van der Waals surface area contributed by atoms with E-state index < -0.39 is 0 Å². The number of rotatable bonds is 3. The number of thiazole rings is 1. The molecule has 1 aliphatic heterocycles. The van der Waals surface area contributed by atoms with Gasteiger partial charge in [-0.3, -0.25) is 4.90 Å². The van der Waals surface area contributed by atoms with E-state index in [0.717, 1.165) is 18.8 Å². The van der Waals surface area contributed by atoms with Gasteiger partial charge < -0.3 is 0 Å². The van der Waals surface area contributed by atoms with Gasteiger partial charge in [0.05, 0.1) is 16.6 Å². The molecule has 1 saturated heterocycles. The first-order valence-electron chi connectivity index (χ1n) is 6.26. The molecule has 0 aliphatic carbocycles. The van der Waals surface area contributed by atoms with Crippen molar-refractivity contribution in [2.75, 3.05) is 6.54 Å². The maximum Gasteiger partial charge on any atom is 0.110 e. The van der Waals surface area contributed by atoms with E-state index in [9.17, 15) is 0 Å². The number of hydrogen-bond acceptors (Lipinski definition) is 6. The highest BCUT2D eigenvalue weighted by molar-refractivity contribution is 7.09. The molecule has 96 valence electrons. The molecule has 1 fully saturated rings. The Morgan fingerprint density at radius 3 is 3.11 bits per heavy atom. The Morgan fingerprint density at radius 1 is 1.44 bits per heavy atom. The molecule has 4 nitrogen and oxygen atoms in total. The Kier molecular flexibility index (Phi) is 3.67. The van der Waals surface area contributed by atoms with Crippen LogP contribution in [0.15, 0.2) is 11.6 Å². The van der Waals surface area contributed by atoms with Crippen molar-refractivity contribution in [3.05, 3.63) is 27.2 Å². The van der Waals surface area contributed by atoms with Gasteiger partial charge in [-0.1, -0.05) is 10.9 Å². The van der Waals surface area contributed by atoms with Gasteiger partial charge in [0.15, 0.2) is 0 Å². The average Bonchev–Trinajstić information content (AvgIpc) is 3.03.